The van der Waals surface area contributed by atoms with Crippen molar-refractivity contribution in [3.8, 4) is 17.6 Å². The predicted molar refractivity (Wildman–Crippen MR) is 118 cm³/mol. The van der Waals surface area contributed by atoms with E-state index in [0.717, 1.165) is 51.2 Å². The van der Waals surface area contributed by atoms with E-state index in [4.69, 9.17) is 11.3 Å². The van der Waals surface area contributed by atoms with Crippen LogP contribution >= 0.6 is 0 Å². The lowest BCUT2D eigenvalue weighted by atomic mass is 10.0. The molecule has 0 aliphatic rings. The Hall–Kier alpha value is -2.71. The van der Waals surface area contributed by atoms with Crippen molar-refractivity contribution < 1.29 is 4.74 Å². The van der Waals surface area contributed by atoms with Crippen molar-refractivity contribution in [3.63, 3.8) is 0 Å². The fourth-order valence-corrected chi connectivity index (χ4v) is 3.50. The Bertz CT molecular complexity index is 891. The molecule has 2 rings (SSSR count). The number of nitrogens with zero attached hydrogens (tertiary/aromatic N) is 1. The molecule has 0 unspecified atom stereocenters. The molecule has 2 heteroatoms. The molecule has 0 aliphatic carbocycles. The average molecular weight is 374 g/mol. The fourth-order valence-electron chi connectivity index (χ4n) is 3.50. The topological polar surface area (TPSA) is 13.6 Å². The van der Waals surface area contributed by atoms with Crippen LogP contribution in [-0.4, -0.2) is 6.10 Å². The third-order valence-electron chi connectivity index (χ3n) is 4.95. The van der Waals surface area contributed by atoms with Crippen LogP contribution in [0.5, 0.6) is 5.75 Å². The highest BCUT2D eigenvalue weighted by Crippen LogP contribution is 2.27. The molecule has 2 nitrogen and oxygen atoms in total. The molecule has 0 N–H and O–H groups in total. The molecule has 0 aromatic heterocycles. The summed E-state index contributed by atoms with van der Waals surface area (Å²) in [5.41, 5.74) is 6.88. The highest BCUT2D eigenvalue weighted by molar-refractivity contribution is 5.62. The molecule has 2 aromatic carbocycles. The van der Waals surface area contributed by atoms with Crippen molar-refractivity contribution in [1.82, 2.24) is 0 Å². The van der Waals surface area contributed by atoms with E-state index >= 15 is 0 Å². The van der Waals surface area contributed by atoms with E-state index in [-0.39, 0.29) is 6.10 Å². The van der Waals surface area contributed by atoms with E-state index in [1.54, 1.807) is 0 Å². The van der Waals surface area contributed by atoms with Crippen LogP contribution in [0.1, 0.15) is 72.9 Å². The molecule has 0 saturated heterocycles. The summed E-state index contributed by atoms with van der Waals surface area (Å²) in [6.07, 6.45) is 5.03. The highest BCUT2D eigenvalue weighted by atomic mass is 16.5. The lowest BCUT2D eigenvalue weighted by molar-refractivity contribution is 0.204. The molecular weight excluding hydrogens is 342 g/mol. The van der Waals surface area contributed by atoms with E-state index < -0.39 is 0 Å². The molecule has 0 fully saturated rings. The molecule has 0 radical (unpaired) electrons. The quantitative estimate of drug-likeness (QED) is 0.296. The zero-order valence-corrected chi connectivity index (χ0v) is 18.1. The van der Waals surface area contributed by atoms with Crippen LogP contribution in [0, 0.1) is 46.1 Å². The Morgan fingerprint density at radius 2 is 1.39 bits per heavy atom. The van der Waals surface area contributed by atoms with E-state index in [2.05, 4.69) is 56.5 Å². The van der Waals surface area contributed by atoms with Gasteiger partial charge in [0.05, 0.1) is 12.7 Å². The van der Waals surface area contributed by atoms with Crippen LogP contribution in [0.3, 0.4) is 0 Å². The maximum absolute atomic E-state index is 7.27. The lowest BCUT2D eigenvalue weighted by Crippen LogP contribution is -2.13. The zero-order valence-electron chi connectivity index (χ0n) is 18.1. The second-order valence-corrected chi connectivity index (χ2v) is 7.68. The molecule has 1 atom stereocenters. The zero-order chi connectivity index (χ0) is 20.7. The van der Waals surface area contributed by atoms with Gasteiger partial charge in [-0.3, -0.25) is 0 Å². The van der Waals surface area contributed by atoms with Gasteiger partial charge in [0.25, 0.3) is 0 Å². The van der Waals surface area contributed by atoms with Crippen molar-refractivity contribution in [1.29, 1.82) is 0 Å². The lowest BCUT2D eigenvalue weighted by Gasteiger charge is -2.18. The fraction of sp³-hybridized carbons (Fsp3) is 0.423. The third kappa shape index (κ3) is 5.64. The molecule has 0 saturated carbocycles. The van der Waals surface area contributed by atoms with Crippen molar-refractivity contribution >= 4 is 5.69 Å². The van der Waals surface area contributed by atoms with Crippen LogP contribution in [0.4, 0.5) is 5.69 Å². The number of benzene rings is 2. The minimum absolute atomic E-state index is 0.229. The molecule has 0 spiro atoms. The van der Waals surface area contributed by atoms with Gasteiger partial charge in [-0.1, -0.05) is 43.7 Å². The van der Waals surface area contributed by atoms with Crippen LogP contribution in [0.15, 0.2) is 24.3 Å². The van der Waals surface area contributed by atoms with Crippen LogP contribution in [0.2, 0.25) is 0 Å². The Kier molecular flexibility index (Phi) is 7.71. The first-order valence-corrected chi connectivity index (χ1v) is 10.1. The van der Waals surface area contributed by atoms with Gasteiger partial charge < -0.3 is 4.74 Å². The van der Waals surface area contributed by atoms with Gasteiger partial charge in [-0.05, 0) is 81.8 Å². The molecule has 146 valence electrons. The second kappa shape index (κ2) is 10.0. The number of aryl methyl sites for hydroxylation is 4. The number of hydrogen-bond acceptors (Lipinski definition) is 1. The van der Waals surface area contributed by atoms with E-state index in [1.165, 1.54) is 19.3 Å². The summed E-state index contributed by atoms with van der Waals surface area (Å²) in [4.78, 5) is 3.60. The first kappa shape index (κ1) is 21.6. The average Bonchev–Trinajstić information content (AvgIpc) is 2.63. The number of hydrogen-bond donors (Lipinski definition) is 0. The number of unbranched alkanes of at least 4 members (excludes halogenated alkanes) is 2. The van der Waals surface area contributed by atoms with Gasteiger partial charge in [-0.25, -0.2) is 4.85 Å². The maximum Gasteiger partial charge on any atom is 0.193 e. The monoisotopic (exact) mass is 373 g/mol. The summed E-state index contributed by atoms with van der Waals surface area (Å²) < 4.78 is 6.22. The van der Waals surface area contributed by atoms with Crippen molar-refractivity contribution in [2.45, 2.75) is 73.3 Å². The number of rotatable bonds is 6. The van der Waals surface area contributed by atoms with Gasteiger partial charge in [0.2, 0.25) is 0 Å². The van der Waals surface area contributed by atoms with Gasteiger partial charge in [0.15, 0.2) is 5.69 Å². The molecule has 28 heavy (non-hydrogen) atoms. The second-order valence-electron chi connectivity index (χ2n) is 7.68. The third-order valence-corrected chi connectivity index (χ3v) is 4.95. The first-order chi connectivity index (χ1) is 13.3. The Morgan fingerprint density at radius 3 is 1.86 bits per heavy atom. The van der Waals surface area contributed by atoms with Gasteiger partial charge in [0, 0.05) is 11.1 Å². The Balaban J connectivity index is 2.20. The van der Waals surface area contributed by atoms with Crippen molar-refractivity contribution in [2.24, 2.45) is 0 Å². The number of ether oxygens (including phenoxy) is 1. The summed E-state index contributed by atoms with van der Waals surface area (Å²) in [5.74, 6) is 7.51. The Morgan fingerprint density at radius 1 is 0.893 bits per heavy atom. The molecule has 0 bridgehead atoms. The van der Waals surface area contributed by atoms with Crippen LogP contribution in [0.25, 0.3) is 4.85 Å². The minimum atomic E-state index is 0.229. The van der Waals surface area contributed by atoms with Crippen molar-refractivity contribution in [3.05, 3.63) is 69.1 Å². The van der Waals surface area contributed by atoms with Gasteiger partial charge >= 0.3 is 0 Å². The van der Waals surface area contributed by atoms with E-state index in [9.17, 15) is 0 Å². The molecule has 2 aromatic rings. The standard InChI is InChI=1S/C26H31NO/c1-8-9-10-11-22(6)28-26-20(4)16-24(17-21(26)5)13-12-23-14-18(2)25(27-7)19(3)15-23/h14-17,22H,8-11H2,1-6H3/t22-/m0/s1. The molecular formula is C26H31NO. The SMILES string of the molecule is [C-]#[N+]c1c(C)cc(C#Cc2cc(C)c(O[C@@H](C)CCCCC)c(C)c2)cc1C. The smallest absolute Gasteiger partial charge is 0.193 e. The summed E-state index contributed by atoms with van der Waals surface area (Å²) in [5, 5.41) is 0. The summed E-state index contributed by atoms with van der Waals surface area (Å²) in [6.45, 7) is 19.8. The molecule has 0 aliphatic heterocycles. The Labute approximate surface area is 170 Å². The highest BCUT2D eigenvalue weighted by Gasteiger charge is 2.10. The van der Waals surface area contributed by atoms with Crippen LogP contribution in [-0.2, 0) is 0 Å². The molecule has 0 heterocycles. The predicted octanol–water partition coefficient (Wildman–Crippen LogP) is 7.22. The van der Waals surface area contributed by atoms with Gasteiger partial charge in [-0.2, -0.15) is 0 Å². The normalized spacial score (nSPS) is 11.3. The van der Waals surface area contributed by atoms with Crippen LogP contribution < -0.4 is 4.74 Å². The van der Waals surface area contributed by atoms with Crippen molar-refractivity contribution in [2.75, 3.05) is 0 Å². The summed E-state index contributed by atoms with van der Waals surface area (Å²) in [7, 11) is 0. The van der Waals surface area contributed by atoms with Gasteiger partial charge in [-0.15, -0.1) is 0 Å². The maximum atomic E-state index is 7.27. The van der Waals surface area contributed by atoms with E-state index in [1.807, 2.05) is 26.0 Å². The summed E-state index contributed by atoms with van der Waals surface area (Å²) >= 11 is 0. The summed E-state index contributed by atoms with van der Waals surface area (Å²) in [6, 6.07) is 8.17. The van der Waals surface area contributed by atoms with Gasteiger partial charge in [0.1, 0.15) is 5.75 Å². The first-order valence-electron chi connectivity index (χ1n) is 10.1. The van der Waals surface area contributed by atoms with E-state index in [0.29, 0.717) is 0 Å². The molecule has 0 amide bonds. The minimum Gasteiger partial charge on any atom is -0.490 e. The largest absolute Gasteiger partial charge is 0.490 e.